The average Bonchev–Trinajstić information content (AvgIpc) is 1.82. The summed E-state index contributed by atoms with van der Waals surface area (Å²) >= 11 is 0. The zero-order valence-electron chi connectivity index (χ0n) is 5.37. The van der Waals surface area contributed by atoms with E-state index in [1.54, 1.807) is 13.8 Å². The van der Waals surface area contributed by atoms with Gasteiger partial charge in [0, 0.05) is 0 Å². The van der Waals surface area contributed by atoms with Crippen LogP contribution in [-0.4, -0.2) is 17.6 Å². The third-order valence-corrected chi connectivity index (χ3v) is 0.726. The van der Waals surface area contributed by atoms with E-state index in [0.717, 1.165) is 5.12 Å². The number of rotatable bonds is 3. The van der Waals surface area contributed by atoms with Crippen LogP contribution < -0.4 is 0 Å². The summed E-state index contributed by atoms with van der Waals surface area (Å²) in [5.41, 5.74) is 6.46. The molecule has 4 nitrogen and oxygen atoms in total. The highest BCUT2D eigenvalue weighted by Gasteiger charge is 2.00. The minimum atomic E-state index is -0.0745. The first-order chi connectivity index (χ1) is 4.22. The Morgan fingerprint density at radius 3 is 2.33 bits per heavy atom. The predicted octanol–water partition coefficient (Wildman–Crippen LogP) is 1.56. The summed E-state index contributed by atoms with van der Waals surface area (Å²) in [6, 6.07) is -0.0745. The molecule has 1 N–H and O–H groups in total. The molecule has 0 aromatic rings. The fourth-order valence-corrected chi connectivity index (χ4v) is 0.319. The van der Waals surface area contributed by atoms with Gasteiger partial charge in [0.2, 0.25) is 0 Å². The van der Waals surface area contributed by atoms with Crippen LogP contribution in [0.3, 0.4) is 0 Å². The first-order valence-electron chi connectivity index (χ1n) is 2.51. The Labute approximate surface area is 52.8 Å². The molecule has 0 saturated heterocycles. The minimum absolute atomic E-state index is 0.0745. The van der Waals surface area contributed by atoms with E-state index in [0.29, 0.717) is 0 Å². The molecule has 9 heavy (non-hydrogen) atoms. The first kappa shape index (κ1) is 8.00. The molecule has 0 spiro atoms. The predicted molar refractivity (Wildman–Crippen MR) is 31.7 cm³/mol. The zero-order chi connectivity index (χ0) is 7.28. The SMILES string of the molecule is CC(C)N(N=N)/N=C\F. The molecule has 0 saturated carbocycles. The van der Waals surface area contributed by atoms with E-state index in [1.165, 1.54) is 0 Å². The molecule has 0 aromatic carbocycles. The van der Waals surface area contributed by atoms with Gasteiger partial charge in [0.1, 0.15) is 0 Å². The van der Waals surface area contributed by atoms with Crippen molar-refractivity contribution in [3.63, 3.8) is 0 Å². The monoisotopic (exact) mass is 132 g/mol. The van der Waals surface area contributed by atoms with E-state index in [9.17, 15) is 4.39 Å². The lowest BCUT2D eigenvalue weighted by Crippen LogP contribution is -2.18. The Kier molecular flexibility index (Phi) is 3.50. The van der Waals surface area contributed by atoms with Crippen LogP contribution in [0.25, 0.3) is 0 Å². The van der Waals surface area contributed by atoms with Gasteiger partial charge in [-0.1, -0.05) is 5.22 Å². The highest BCUT2D eigenvalue weighted by Crippen LogP contribution is 1.97. The highest BCUT2D eigenvalue weighted by atomic mass is 19.1. The van der Waals surface area contributed by atoms with Crippen molar-refractivity contribution in [3.8, 4) is 0 Å². The van der Waals surface area contributed by atoms with Gasteiger partial charge in [-0.05, 0) is 13.8 Å². The van der Waals surface area contributed by atoms with E-state index < -0.39 is 0 Å². The number of halogens is 1. The van der Waals surface area contributed by atoms with Crippen molar-refractivity contribution in [3.05, 3.63) is 0 Å². The van der Waals surface area contributed by atoms with Gasteiger partial charge in [-0.15, -0.1) is 5.10 Å². The quantitative estimate of drug-likeness (QED) is 0.353. The molecule has 0 radical (unpaired) electrons. The normalized spacial score (nSPS) is 10.7. The number of hydrogen-bond acceptors (Lipinski definition) is 3. The first-order valence-corrected chi connectivity index (χ1v) is 2.51. The van der Waals surface area contributed by atoms with Gasteiger partial charge in [-0.2, -0.15) is 15.0 Å². The standard InChI is InChI=1S/C4H9FN4/c1-4(2)9(8-6)7-3-5/h3-4,6H,1-2H3/b7-3-,8-6?. The van der Waals surface area contributed by atoms with Crippen LogP contribution >= 0.6 is 0 Å². The summed E-state index contributed by atoms with van der Waals surface area (Å²) in [6.07, 6.45) is 0. The Hall–Kier alpha value is -1.00. The van der Waals surface area contributed by atoms with Gasteiger partial charge in [0.05, 0.1) is 6.04 Å². The van der Waals surface area contributed by atoms with Gasteiger partial charge in [-0.3, -0.25) is 0 Å². The van der Waals surface area contributed by atoms with E-state index in [2.05, 4.69) is 10.3 Å². The van der Waals surface area contributed by atoms with E-state index >= 15 is 0 Å². The van der Waals surface area contributed by atoms with Crippen molar-refractivity contribution in [2.24, 2.45) is 10.3 Å². The summed E-state index contributed by atoms with van der Waals surface area (Å²) in [5, 5.41) is 7.01. The number of nitrogens with one attached hydrogen (secondary N) is 1. The smallest absolute Gasteiger partial charge is 0.192 e. The molecule has 0 bridgehead atoms. The second kappa shape index (κ2) is 3.94. The number of hydrazone groups is 1. The third-order valence-electron chi connectivity index (χ3n) is 0.726. The van der Waals surface area contributed by atoms with Crippen molar-refractivity contribution in [1.29, 1.82) is 5.53 Å². The summed E-state index contributed by atoms with van der Waals surface area (Å²) in [7, 11) is 0. The van der Waals surface area contributed by atoms with Gasteiger partial charge in [-0.25, -0.2) is 0 Å². The lowest BCUT2D eigenvalue weighted by Gasteiger charge is -2.12. The molecule has 0 aliphatic rings. The lowest BCUT2D eigenvalue weighted by molar-refractivity contribution is 0.218. The summed E-state index contributed by atoms with van der Waals surface area (Å²) < 4.78 is 11.3. The van der Waals surface area contributed by atoms with E-state index in [1.807, 2.05) is 0 Å². The Bertz CT molecular complexity index is 111. The van der Waals surface area contributed by atoms with Crippen LogP contribution in [0.5, 0.6) is 0 Å². The summed E-state index contributed by atoms with van der Waals surface area (Å²) in [5.74, 6) is 0. The molecule has 0 aromatic heterocycles. The largest absolute Gasteiger partial charge is 0.197 e. The number of nitrogens with zero attached hydrogens (tertiary/aromatic N) is 3. The van der Waals surface area contributed by atoms with Gasteiger partial charge in [0.15, 0.2) is 6.47 Å². The van der Waals surface area contributed by atoms with Crippen LogP contribution in [-0.2, 0) is 0 Å². The van der Waals surface area contributed by atoms with Crippen molar-refractivity contribution in [2.75, 3.05) is 0 Å². The molecule has 5 heteroatoms. The summed E-state index contributed by atoms with van der Waals surface area (Å²) in [6.45, 7) is 3.62. The van der Waals surface area contributed by atoms with Crippen LogP contribution in [0.1, 0.15) is 13.8 Å². The van der Waals surface area contributed by atoms with Crippen LogP contribution in [0, 0.1) is 5.53 Å². The Morgan fingerprint density at radius 2 is 2.22 bits per heavy atom. The Morgan fingerprint density at radius 1 is 1.67 bits per heavy atom. The Balaban J connectivity index is 3.82. The van der Waals surface area contributed by atoms with Crippen LogP contribution in [0.15, 0.2) is 10.3 Å². The lowest BCUT2D eigenvalue weighted by atomic mass is 10.4. The molecule has 0 aliphatic carbocycles. The van der Waals surface area contributed by atoms with E-state index in [-0.39, 0.29) is 12.5 Å². The van der Waals surface area contributed by atoms with Crippen LogP contribution in [0.4, 0.5) is 4.39 Å². The zero-order valence-corrected chi connectivity index (χ0v) is 5.37. The molecule has 0 atom stereocenters. The maximum absolute atomic E-state index is 11.3. The number of hydrogen-bond donors (Lipinski definition) is 1. The average molecular weight is 132 g/mol. The van der Waals surface area contributed by atoms with Crippen LogP contribution in [0.2, 0.25) is 0 Å². The molecule has 52 valence electrons. The summed E-state index contributed by atoms with van der Waals surface area (Å²) in [4.78, 5) is 0. The maximum Gasteiger partial charge on any atom is 0.197 e. The molecule has 0 heterocycles. The van der Waals surface area contributed by atoms with Crippen molar-refractivity contribution >= 4 is 6.47 Å². The maximum atomic E-state index is 11.3. The molecule has 0 aliphatic heterocycles. The third kappa shape index (κ3) is 2.73. The van der Waals surface area contributed by atoms with Crippen molar-refractivity contribution in [1.82, 2.24) is 5.12 Å². The van der Waals surface area contributed by atoms with Gasteiger partial charge in [0.25, 0.3) is 0 Å². The van der Waals surface area contributed by atoms with Gasteiger partial charge >= 0.3 is 0 Å². The highest BCUT2D eigenvalue weighted by molar-refractivity contribution is 5.43. The molecule has 0 fully saturated rings. The van der Waals surface area contributed by atoms with E-state index in [4.69, 9.17) is 5.53 Å². The fraction of sp³-hybridized carbons (Fsp3) is 0.750. The van der Waals surface area contributed by atoms with Crippen molar-refractivity contribution < 1.29 is 4.39 Å². The second-order valence-corrected chi connectivity index (χ2v) is 1.73. The molecular weight excluding hydrogens is 123 g/mol. The minimum Gasteiger partial charge on any atom is -0.192 e. The molecule has 0 amide bonds. The molecule has 0 unspecified atom stereocenters. The second-order valence-electron chi connectivity index (χ2n) is 1.73. The van der Waals surface area contributed by atoms with Gasteiger partial charge < -0.3 is 0 Å². The molecule has 0 rings (SSSR count). The van der Waals surface area contributed by atoms with Crippen molar-refractivity contribution in [2.45, 2.75) is 19.9 Å². The topological polar surface area (TPSA) is 51.8 Å². The fourth-order valence-electron chi connectivity index (χ4n) is 0.319. The molecular formula is C4H9FN4.